The van der Waals surface area contributed by atoms with E-state index in [4.69, 9.17) is 5.11 Å². The summed E-state index contributed by atoms with van der Waals surface area (Å²) in [6.07, 6.45) is 9.54. The molecular formula is C12H20O2. The lowest BCUT2D eigenvalue weighted by Gasteiger charge is -2.19. The van der Waals surface area contributed by atoms with Crippen LogP contribution in [0.4, 0.5) is 0 Å². The van der Waals surface area contributed by atoms with Crippen molar-refractivity contribution in [2.45, 2.75) is 51.9 Å². The molecule has 2 nitrogen and oxygen atoms in total. The number of hydrogen-bond acceptors (Lipinski definition) is 1. The molecule has 1 aliphatic rings. The van der Waals surface area contributed by atoms with Gasteiger partial charge in [-0.15, -0.1) is 0 Å². The summed E-state index contributed by atoms with van der Waals surface area (Å²) in [6.45, 7) is 2.11. The Morgan fingerprint density at radius 2 is 2.36 bits per heavy atom. The molecule has 14 heavy (non-hydrogen) atoms. The minimum absolute atomic E-state index is 0.199. The van der Waals surface area contributed by atoms with Gasteiger partial charge in [-0.3, -0.25) is 4.79 Å². The van der Waals surface area contributed by atoms with Crippen molar-refractivity contribution in [1.82, 2.24) is 0 Å². The molecule has 0 bridgehead atoms. The highest BCUT2D eigenvalue weighted by Crippen LogP contribution is 2.27. The fourth-order valence-corrected chi connectivity index (χ4v) is 2.06. The Bertz CT molecular complexity index is 218. The van der Waals surface area contributed by atoms with E-state index in [0.29, 0.717) is 0 Å². The molecule has 0 radical (unpaired) electrons. The van der Waals surface area contributed by atoms with Gasteiger partial charge < -0.3 is 5.11 Å². The monoisotopic (exact) mass is 196 g/mol. The molecule has 1 rings (SSSR count). The molecule has 0 aromatic carbocycles. The molecule has 0 unspecified atom stereocenters. The van der Waals surface area contributed by atoms with Crippen molar-refractivity contribution in [2.75, 3.05) is 0 Å². The number of aliphatic carboxylic acids is 1. The van der Waals surface area contributed by atoms with Crippen molar-refractivity contribution in [3.63, 3.8) is 0 Å². The second-order valence-electron chi connectivity index (χ2n) is 4.06. The van der Waals surface area contributed by atoms with Gasteiger partial charge in [0, 0.05) is 0 Å². The van der Waals surface area contributed by atoms with Crippen LogP contribution in [0.3, 0.4) is 0 Å². The van der Waals surface area contributed by atoms with Crippen molar-refractivity contribution in [3.8, 4) is 0 Å². The number of allylic oxidation sites excluding steroid dienone is 1. The maximum Gasteiger partial charge on any atom is 0.310 e. The van der Waals surface area contributed by atoms with Crippen LogP contribution in [0.1, 0.15) is 51.9 Å². The molecular weight excluding hydrogens is 176 g/mol. The predicted molar refractivity (Wildman–Crippen MR) is 57.2 cm³/mol. The standard InChI is InChI=1S/C12H20O2/c1-2-3-9-11(12(13)14)10-7-5-4-6-8-10/h7,11H,2-6,8-9H2,1H3,(H,13,14)/t11-/m1/s1. The van der Waals surface area contributed by atoms with E-state index in [2.05, 4.69) is 13.0 Å². The van der Waals surface area contributed by atoms with Gasteiger partial charge in [-0.1, -0.05) is 31.4 Å². The maximum absolute atomic E-state index is 11.1. The molecule has 0 heterocycles. The maximum atomic E-state index is 11.1. The van der Waals surface area contributed by atoms with Gasteiger partial charge in [-0.2, -0.15) is 0 Å². The summed E-state index contributed by atoms with van der Waals surface area (Å²) in [7, 11) is 0. The summed E-state index contributed by atoms with van der Waals surface area (Å²) >= 11 is 0. The third-order valence-corrected chi connectivity index (χ3v) is 2.92. The van der Waals surface area contributed by atoms with Crippen LogP contribution < -0.4 is 0 Å². The van der Waals surface area contributed by atoms with Crippen LogP contribution in [0, 0.1) is 5.92 Å². The van der Waals surface area contributed by atoms with Gasteiger partial charge in [0.2, 0.25) is 0 Å². The van der Waals surface area contributed by atoms with Gasteiger partial charge in [0.05, 0.1) is 5.92 Å². The molecule has 1 aliphatic carbocycles. The number of hydrogen-bond donors (Lipinski definition) is 1. The van der Waals surface area contributed by atoms with Gasteiger partial charge in [0.25, 0.3) is 0 Å². The van der Waals surface area contributed by atoms with Crippen molar-refractivity contribution >= 4 is 5.97 Å². The highest BCUT2D eigenvalue weighted by Gasteiger charge is 2.22. The second kappa shape index (κ2) is 5.84. The first kappa shape index (κ1) is 11.3. The van der Waals surface area contributed by atoms with Crippen LogP contribution in [0.15, 0.2) is 11.6 Å². The summed E-state index contributed by atoms with van der Waals surface area (Å²) in [5, 5.41) is 9.11. The lowest BCUT2D eigenvalue weighted by Crippen LogP contribution is -2.17. The molecule has 1 N–H and O–H groups in total. The molecule has 0 spiro atoms. The molecule has 0 saturated carbocycles. The number of rotatable bonds is 5. The Balaban J connectivity index is 2.56. The van der Waals surface area contributed by atoms with E-state index < -0.39 is 5.97 Å². The van der Waals surface area contributed by atoms with Gasteiger partial charge in [-0.05, 0) is 32.1 Å². The van der Waals surface area contributed by atoms with Crippen molar-refractivity contribution in [1.29, 1.82) is 0 Å². The van der Waals surface area contributed by atoms with E-state index in [1.54, 1.807) is 0 Å². The summed E-state index contributed by atoms with van der Waals surface area (Å²) in [5.74, 6) is -0.832. The second-order valence-corrected chi connectivity index (χ2v) is 4.06. The lowest BCUT2D eigenvalue weighted by atomic mass is 9.86. The molecule has 1 atom stereocenters. The van der Waals surface area contributed by atoms with Crippen LogP contribution >= 0.6 is 0 Å². The first-order valence-electron chi connectivity index (χ1n) is 5.67. The Hall–Kier alpha value is -0.790. The lowest BCUT2D eigenvalue weighted by molar-refractivity contribution is -0.140. The van der Waals surface area contributed by atoms with Gasteiger partial charge in [0.15, 0.2) is 0 Å². The van der Waals surface area contributed by atoms with Crippen molar-refractivity contribution in [3.05, 3.63) is 11.6 Å². The highest BCUT2D eigenvalue weighted by atomic mass is 16.4. The summed E-state index contributed by atoms with van der Waals surface area (Å²) in [6, 6.07) is 0. The van der Waals surface area contributed by atoms with E-state index in [1.807, 2.05) is 0 Å². The Labute approximate surface area is 86.0 Å². The smallest absolute Gasteiger partial charge is 0.310 e. The highest BCUT2D eigenvalue weighted by molar-refractivity contribution is 5.73. The van der Waals surface area contributed by atoms with Crippen LogP contribution in [0.2, 0.25) is 0 Å². The fraction of sp³-hybridized carbons (Fsp3) is 0.750. The minimum Gasteiger partial charge on any atom is -0.481 e. The number of carboxylic acids is 1. The summed E-state index contributed by atoms with van der Waals surface area (Å²) in [5.41, 5.74) is 1.18. The summed E-state index contributed by atoms with van der Waals surface area (Å²) in [4.78, 5) is 11.1. The largest absolute Gasteiger partial charge is 0.481 e. The Morgan fingerprint density at radius 3 is 2.86 bits per heavy atom. The van der Waals surface area contributed by atoms with Crippen molar-refractivity contribution in [2.24, 2.45) is 5.92 Å². The zero-order valence-corrected chi connectivity index (χ0v) is 8.96. The molecule has 2 heteroatoms. The SMILES string of the molecule is CCCC[C@@H](C(=O)O)C1=CCCCC1. The topological polar surface area (TPSA) is 37.3 Å². The van der Waals surface area contributed by atoms with E-state index in [-0.39, 0.29) is 5.92 Å². The molecule has 0 fully saturated rings. The van der Waals surface area contributed by atoms with E-state index in [0.717, 1.165) is 32.1 Å². The van der Waals surface area contributed by atoms with E-state index in [1.165, 1.54) is 18.4 Å². The molecule has 0 aromatic heterocycles. The Morgan fingerprint density at radius 1 is 1.57 bits per heavy atom. The first-order chi connectivity index (χ1) is 6.75. The molecule has 0 aliphatic heterocycles. The van der Waals surface area contributed by atoms with E-state index in [9.17, 15) is 4.79 Å². The quantitative estimate of drug-likeness (QED) is 0.684. The average molecular weight is 196 g/mol. The summed E-state index contributed by atoms with van der Waals surface area (Å²) < 4.78 is 0. The predicted octanol–water partition coefficient (Wildman–Crippen LogP) is 3.38. The third-order valence-electron chi connectivity index (χ3n) is 2.92. The normalized spacial score (nSPS) is 18.8. The Kier molecular flexibility index (Phi) is 4.71. The van der Waals surface area contributed by atoms with Gasteiger partial charge >= 0.3 is 5.97 Å². The van der Waals surface area contributed by atoms with Gasteiger partial charge in [0.1, 0.15) is 0 Å². The van der Waals surface area contributed by atoms with Crippen LogP contribution in [0.5, 0.6) is 0 Å². The van der Waals surface area contributed by atoms with Crippen LogP contribution in [-0.2, 0) is 4.79 Å². The number of carbonyl (C=O) groups is 1. The fourth-order valence-electron chi connectivity index (χ4n) is 2.06. The first-order valence-corrected chi connectivity index (χ1v) is 5.67. The van der Waals surface area contributed by atoms with E-state index >= 15 is 0 Å². The minimum atomic E-state index is -0.633. The van der Waals surface area contributed by atoms with Gasteiger partial charge in [-0.25, -0.2) is 0 Å². The average Bonchev–Trinajstić information content (AvgIpc) is 2.19. The van der Waals surface area contributed by atoms with Crippen LogP contribution in [-0.4, -0.2) is 11.1 Å². The zero-order chi connectivity index (χ0) is 10.4. The number of unbranched alkanes of at least 4 members (excludes halogenated alkanes) is 1. The van der Waals surface area contributed by atoms with Crippen molar-refractivity contribution < 1.29 is 9.90 Å². The molecule has 80 valence electrons. The molecule has 0 aromatic rings. The third kappa shape index (κ3) is 3.17. The number of carboxylic acid groups (broad SMARTS) is 1. The zero-order valence-electron chi connectivity index (χ0n) is 8.96. The van der Waals surface area contributed by atoms with Crippen LogP contribution in [0.25, 0.3) is 0 Å². The molecule has 0 amide bonds. The molecule has 0 saturated heterocycles.